The van der Waals surface area contributed by atoms with Crippen molar-refractivity contribution in [1.29, 1.82) is 0 Å². The molecule has 0 aromatic heterocycles. The monoisotopic (exact) mass is 235 g/mol. The van der Waals surface area contributed by atoms with Crippen molar-refractivity contribution in [1.82, 2.24) is 5.32 Å². The van der Waals surface area contributed by atoms with Crippen LogP contribution in [-0.2, 0) is 0 Å². The van der Waals surface area contributed by atoms with E-state index >= 15 is 0 Å². The van der Waals surface area contributed by atoms with E-state index in [-0.39, 0.29) is 0 Å². The Bertz CT molecular complexity index is 242. The van der Waals surface area contributed by atoms with Gasteiger partial charge in [-0.3, -0.25) is 0 Å². The second-order valence-electron chi connectivity index (χ2n) is 6.84. The van der Waals surface area contributed by atoms with Gasteiger partial charge in [0.05, 0.1) is 0 Å². The highest BCUT2D eigenvalue weighted by Crippen LogP contribution is 2.39. The molecule has 0 bridgehead atoms. The van der Waals surface area contributed by atoms with Crippen LogP contribution in [0.4, 0.5) is 0 Å². The third-order valence-corrected chi connectivity index (χ3v) is 5.97. The van der Waals surface area contributed by atoms with Crippen molar-refractivity contribution in [3.8, 4) is 0 Å². The van der Waals surface area contributed by atoms with Crippen LogP contribution in [-0.4, -0.2) is 12.1 Å². The van der Waals surface area contributed by atoms with Gasteiger partial charge in [0, 0.05) is 12.1 Å². The molecule has 0 radical (unpaired) electrons. The highest BCUT2D eigenvalue weighted by Gasteiger charge is 2.36. The lowest BCUT2D eigenvalue weighted by Crippen LogP contribution is -2.49. The van der Waals surface area contributed by atoms with Crippen molar-refractivity contribution in [2.45, 2.75) is 83.2 Å². The molecule has 0 aromatic carbocycles. The van der Waals surface area contributed by atoms with Gasteiger partial charge in [-0.15, -0.1) is 0 Å². The second-order valence-corrected chi connectivity index (χ2v) is 6.84. The van der Waals surface area contributed by atoms with Gasteiger partial charge < -0.3 is 5.32 Å². The molecule has 1 heteroatoms. The van der Waals surface area contributed by atoms with Gasteiger partial charge in [0.2, 0.25) is 0 Å². The molecule has 1 saturated heterocycles. The molecule has 98 valence electrons. The SMILES string of the molecule is CCC1CCC(C2CCC3CCCC3N2)CC1. The second kappa shape index (κ2) is 5.30. The summed E-state index contributed by atoms with van der Waals surface area (Å²) < 4.78 is 0. The van der Waals surface area contributed by atoms with E-state index in [2.05, 4.69) is 12.2 Å². The molecule has 0 aromatic rings. The van der Waals surface area contributed by atoms with Crippen LogP contribution < -0.4 is 5.32 Å². The standard InChI is InChI=1S/C16H29N/c1-2-12-6-8-14(9-7-12)16-11-10-13-4-3-5-15(13)17-16/h12-17H,2-11H2,1H3. The Morgan fingerprint density at radius 1 is 0.765 bits per heavy atom. The molecule has 3 fully saturated rings. The number of piperidine rings is 1. The number of rotatable bonds is 2. The van der Waals surface area contributed by atoms with Crippen molar-refractivity contribution in [3.63, 3.8) is 0 Å². The number of hydrogen-bond acceptors (Lipinski definition) is 1. The zero-order chi connectivity index (χ0) is 11.7. The maximum absolute atomic E-state index is 4.02. The number of hydrogen-bond donors (Lipinski definition) is 1. The summed E-state index contributed by atoms with van der Waals surface area (Å²) >= 11 is 0. The molecule has 0 amide bonds. The lowest BCUT2D eigenvalue weighted by molar-refractivity contribution is 0.156. The molecule has 17 heavy (non-hydrogen) atoms. The molecular weight excluding hydrogens is 206 g/mol. The fourth-order valence-corrected chi connectivity index (χ4v) is 4.72. The largest absolute Gasteiger partial charge is 0.311 e. The zero-order valence-electron chi connectivity index (χ0n) is 11.5. The average molecular weight is 235 g/mol. The molecule has 2 saturated carbocycles. The van der Waals surface area contributed by atoms with Gasteiger partial charge in [0.25, 0.3) is 0 Å². The average Bonchev–Trinajstić information content (AvgIpc) is 2.86. The van der Waals surface area contributed by atoms with Crippen molar-refractivity contribution >= 4 is 0 Å². The Morgan fingerprint density at radius 2 is 1.41 bits per heavy atom. The normalized spacial score (nSPS) is 46.8. The summed E-state index contributed by atoms with van der Waals surface area (Å²) in [4.78, 5) is 0. The third-order valence-electron chi connectivity index (χ3n) is 5.97. The first kappa shape index (κ1) is 12.0. The van der Waals surface area contributed by atoms with E-state index < -0.39 is 0 Å². The maximum Gasteiger partial charge on any atom is 0.00981 e. The molecule has 3 atom stereocenters. The van der Waals surface area contributed by atoms with E-state index in [0.29, 0.717) is 0 Å². The quantitative estimate of drug-likeness (QED) is 0.759. The van der Waals surface area contributed by atoms with E-state index in [9.17, 15) is 0 Å². The smallest absolute Gasteiger partial charge is 0.00981 e. The van der Waals surface area contributed by atoms with Crippen molar-refractivity contribution in [3.05, 3.63) is 0 Å². The lowest BCUT2D eigenvalue weighted by atomic mass is 9.74. The molecule has 3 unspecified atom stereocenters. The molecule has 2 aliphatic carbocycles. The fourth-order valence-electron chi connectivity index (χ4n) is 4.72. The van der Waals surface area contributed by atoms with E-state index in [1.54, 1.807) is 0 Å². The minimum Gasteiger partial charge on any atom is -0.311 e. The summed E-state index contributed by atoms with van der Waals surface area (Å²) in [5, 5.41) is 4.02. The van der Waals surface area contributed by atoms with Crippen molar-refractivity contribution in [2.24, 2.45) is 17.8 Å². The first-order chi connectivity index (χ1) is 8.36. The summed E-state index contributed by atoms with van der Waals surface area (Å²) in [6.07, 6.45) is 14.9. The van der Waals surface area contributed by atoms with Gasteiger partial charge in [-0.25, -0.2) is 0 Å². The lowest BCUT2D eigenvalue weighted by Gasteiger charge is -2.40. The van der Waals surface area contributed by atoms with Crippen molar-refractivity contribution < 1.29 is 0 Å². The van der Waals surface area contributed by atoms with Gasteiger partial charge in [-0.1, -0.05) is 32.6 Å². The minimum absolute atomic E-state index is 0.882. The van der Waals surface area contributed by atoms with E-state index in [1.165, 1.54) is 64.2 Å². The van der Waals surface area contributed by atoms with Gasteiger partial charge in [0.15, 0.2) is 0 Å². The Labute approximate surface area is 107 Å². The van der Waals surface area contributed by atoms with Gasteiger partial charge in [-0.2, -0.15) is 0 Å². The molecule has 1 aliphatic heterocycles. The van der Waals surface area contributed by atoms with Gasteiger partial charge in [-0.05, 0) is 56.3 Å². The number of fused-ring (bicyclic) bond motifs is 1. The summed E-state index contributed by atoms with van der Waals surface area (Å²) in [5.41, 5.74) is 0. The number of nitrogens with one attached hydrogen (secondary N) is 1. The summed E-state index contributed by atoms with van der Waals surface area (Å²) in [5.74, 6) is 3.10. The maximum atomic E-state index is 4.02. The molecule has 3 aliphatic rings. The Hall–Kier alpha value is -0.0400. The van der Waals surface area contributed by atoms with Crippen LogP contribution in [0.1, 0.15) is 71.1 Å². The van der Waals surface area contributed by atoms with Crippen LogP contribution in [0, 0.1) is 17.8 Å². The van der Waals surface area contributed by atoms with Crippen molar-refractivity contribution in [2.75, 3.05) is 0 Å². The fraction of sp³-hybridized carbons (Fsp3) is 1.00. The Balaban J connectivity index is 1.52. The topological polar surface area (TPSA) is 12.0 Å². The summed E-state index contributed by atoms with van der Waals surface area (Å²) in [7, 11) is 0. The highest BCUT2D eigenvalue weighted by molar-refractivity contribution is 4.94. The molecular formula is C16H29N. The van der Waals surface area contributed by atoms with Crippen LogP contribution >= 0.6 is 0 Å². The van der Waals surface area contributed by atoms with Crippen LogP contribution in [0.15, 0.2) is 0 Å². The molecule has 3 rings (SSSR count). The molecule has 1 N–H and O–H groups in total. The molecule has 1 nitrogen and oxygen atoms in total. The van der Waals surface area contributed by atoms with E-state index in [4.69, 9.17) is 0 Å². The molecule has 1 heterocycles. The summed E-state index contributed by atoms with van der Waals surface area (Å²) in [6, 6.07) is 1.78. The zero-order valence-corrected chi connectivity index (χ0v) is 11.5. The highest BCUT2D eigenvalue weighted by atomic mass is 15.0. The Kier molecular flexibility index (Phi) is 3.75. The van der Waals surface area contributed by atoms with Crippen LogP contribution in [0.25, 0.3) is 0 Å². The van der Waals surface area contributed by atoms with Crippen LogP contribution in [0.2, 0.25) is 0 Å². The van der Waals surface area contributed by atoms with E-state index in [0.717, 1.165) is 29.8 Å². The predicted octanol–water partition coefficient (Wildman–Crippen LogP) is 4.12. The minimum atomic E-state index is 0.882. The first-order valence-corrected chi connectivity index (χ1v) is 8.13. The van der Waals surface area contributed by atoms with Crippen LogP contribution in [0.3, 0.4) is 0 Å². The summed E-state index contributed by atoms with van der Waals surface area (Å²) in [6.45, 7) is 2.37. The van der Waals surface area contributed by atoms with Gasteiger partial charge >= 0.3 is 0 Å². The third kappa shape index (κ3) is 2.54. The molecule has 0 spiro atoms. The predicted molar refractivity (Wildman–Crippen MR) is 73.0 cm³/mol. The van der Waals surface area contributed by atoms with Crippen LogP contribution in [0.5, 0.6) is 0 Å². The Morgan fingerprint density at radius 3 is 2.18 bits per heavy atom. The van der Waals surface area contributed by atoms with Gasteiger partial charge in [0.1, 0.15) is 0 Å². The van der Waals surface area contributed by atoms with E-state index in [1.807, 2.05) is 0 Å². The first-order valence-electron chi connectivity index (χ1n) is 8.13.